The normalized spacial score (nSPS) is 32.6. The summed E-state index contributed by atoms with van der Waals surface area (Å²) in [5, 5.41) is 43.1. The van der Waals surface area contributed by atoms with Gasteiger partial charge in [-0.25, -0.2) is 0 Å². The zero-order chi connectivity index (χ0) is 22.0. The van der Waals surface area contributed by atoms with Crippen molar-refractivity contribution in [3.05, 3.63) is 69.4 Å². The number of fused-ring (bicyclic) bond motifs is 3. The van der Waals surface area contributed by atoms with E-state index in [9.17, 15) is 20.4 Å². The monoisotopic (exact) mass is 466 g/mol. The maximum atomic E-state index is 10.7. The van der Waals surface area contributed by atoms with E-state index in [0.29, 0.717) is 38.9 Å². The Kier molecular flexibility index (Phi) is 5.08. The van der Waals surface area contributed by atoms with Crippen LogP contribution in [0.25, 0.3) is 11.0 Å². The summed E-state index contributed by atoms with van der Waals surface area (Å²) < 4.78 is 17.5. The number of rotatable bonds is 4. The molecule has 5 rings (SSSR count). The first kappa shape index (κ1) is 21.2. The highest BCUT2D eigenvalue weighted by Crippen LogP contribution is 2.49. The Morgan fingerprint density at radius 2 is 1.81 bits per heavy atom. The molecule has 164 valence electrons. The van der Waals surface area contributed by atoms with Gasteiger partial charge < -0.3 is 34.3 Å². The minimum atomic E-state index is -1.75. The van der Waals surface area contributed by atoms with Crippen molar-refractivity contribution < 1.29 is 34.3 Å². The number of aliphatic hydroxyl groups is 4. The highest BCUT2D eigenvalue weighted by Gasteiger charge is 2.67. The van der Waals surface area contributed by atoms with Gasteiger partial charge in [-0.05, 0) is 42.0 Å². The van der Waals surface area contributed by atoms with Crippen LogP contribution in [0.4, 0.5) is 0 Å². The molecule has 0 radical (unpaired) electrons. The summed E-state index contributed by atoms with van der Waals surface area (Å²) in [5.41, 5.74) is 0.208. The van der Waals surface area contributed by atoms with Crippen LogP contribution in [0.5, 0.6) is 0 Å². The number of benzene rings is 2. The van der Waals surface area contributed by atoms with Crippen LogP contribution >= 0.6 is 23.2 Å². The molecule has 2 saturated heterocycles. The average Bonchev–Trinajstić information content (AvgIpc) is 3.34. The van der Waals surface area contributed by atoms with E-state index in [2.05, 4.69) is 0 Å². The van der Waals surface area contributed by atoms with Gasteiger partial charge in [-0.2, -0.15) is 0 Å². The van der Waals surface area contributed by atoms with Gasteiger partial charge in [-0.1, -0.05) is 29.3 Å². The molecule has 2 aromatic carbocycles. The van der Waals surface area contributed by atoms with E-state index in [0.717, 1.165) is 5.39 Å². The summed E-state index contributed by atoms with van der Waals surface area (Å²) in [5.74, 6) is -1.09. The molecule has 0 spiro atoms. The Bertz CT molecular complexity index is 1150. The second-order valence-electron chi connectivity index (χ2n) is 8.04. The maximum absolute atomic E-state index is 10.7. The van der Waals surface area contributed by atoms with E-state index >= 15 is 0 Å². The van der Waals surface area contributed by atoms with Crippen LogP contribution < -0.4 is 0 Å². The van der Waals surface area contributed by atoms with Crippen LogP contribution in [0.2, 0.25) is 10.0 Å². The lowest BCUT2D eigenvalue weighted by atomic mass is 9.83. The molecule has 2 aliphatic rings. The predicted molar refractivity (Wildman–Crippen MR) is 112 cm³/mol. The zero-order valence-electron chi connectivity index (χ0n) is 16.2. The van der Waals surface area contributed by atoms with E-state index in [1.165, 1.54) is 0 Å². The van der Waals surface area contributed by atoms with E-state index < -0.39 is 36.3 Å². The summed E-state index contributed by atoms with van der Waals surface area (Å²) in [6.45, 7) is -0.775. The smallest absolute Gasteiger partial charge is 0.225 e. The second kappa shape index (κ2) is 7.43. The van der Waals surface area contributed by atoms with E-state index in [-0.39, 0.29) is 6.61 Å². The number of furan rings is 1. The molecule has 2 aliphatic heterocycles. The molecular weight excluding hydrogens is 447 g/mol. The Hall–Kier alpha value is -1.68. The SMILES string of the molecule is OC[C@@]12CO[C@@](c3ccc(Cl)c(Cc4cc5ccc(Cl)cc5o4)c3)(O1)[C@H](O)[C@@H](O)[C@@H]2O. The van der Waals surface area contributed by atoms with Crippen molar-refractivity contribution in [2.75, 3.05) is 13.2 Å². The van der Waals surface area contributed by atoms with Gasteiger partial charge >= 0.3 is 0 Å². The minimum absolute atomic E-state index is 0.193. The Labute approximate surface area is 187 Å². The van der Waals surface area contributed by atoms with Gasteiger partial charge in [0.25, 0.3) is 0 Å². The number of halogens is 2. The molecule has 5 atom stereocenters. The van der Waals surface area contributed by atoms with E-state index in [4.69, 9.17) is 37.1 Å². The maximum Gasteiger partial charge on any atom is 0.225 e. The Morgan fingerprint density at radius 3 is 2.58 bits per heavy atom. The van der Waals surface area contributed by atoms with Gasteiger partial charge in [0.2, 0.25) is 5.79 Å². The van der Waals surface area contributed by atoms with Gasteiger partial charge in [0, 0.05) is 27.4 Å². The number of ether oxygens (including phenoxy) is 2. The molecule has 4 N–H and O–H groups in total. The molecule has 7 nitrogen and oxygen atoms in total. The third kappa shape index (κ3) is 3.20. The predicted octanol–water partition coefficient (Wildman–Crippen LogP) is 2.36. The Morgan fingerprint density at radius 1 is 1.00 bits per heavy atom. The van der Waals surface area contributed by atoms with Crippen molar-refractivity contribution in [1.29, 1.82) is 0 Å². The summed E-state index contributed by atoms with van der Waals surface area (Å²) >= 11 is 12.4. The van der Waals surface area contributed by atoms with E-state index in [1.54, 1.807) is 30.3 Å². The summed E-state index contributed by atoms with van der Waals surface area (Å²) in [6.07, 6.45) is -4.30. The number of hydrogen-bond acceptors (Lipinski definition) is 7. The van der Waals surface area contributed by atoms with Crippen molar-refractivity contribution in [1.82, 2.24) is 0 Å². The first-order chi connectivity index (χ1) is 14.8. The van der Waals surface area contributed by atoms with Crippen molar-refractivity contribution in [2.24, 2.45) is 0 Å². The Balaban J connectivity index is 1.52. The number of hydrogen-bond donors (Lipinski definition) is 4. The lowest BCUT2D eigenvalue weighted by molar-refractivity contribution is -0.329. The minimum Gasteiger partial charge on any atom is -0.461 e. The van der Waals surface area contributed by atoms with Crippen LogP contribution in [-0.4, -0.2) is 57.6 Å². The van der Waals surface area contributed by atoms with Gasteiger partial charge in [0.15, 0.2) is 0 Å². The first-order valence-corrected chi connectivity index (χ1v) is 10.5. The van der Waals surface area contributed by atoms with Crippen molar-refractivity contribution in [2.45, 2.75) is 36.1 Å². The van der Waals surface area contributed by atoms with Crippen LogP contribution in [0.3, 0.4) is 0 Å². The molecular formula is C22H20Cl2O7. The van der Waals surface area contributed by atoms with Crippen molar-refractivity contribution in [3.8, 4) is 0 Å². The zero-order valence-corrected chi connectivity index (χ0v) is 17.7. The van der Waals surface area contributed by atoms with Crippen LogP contribution in [-0.2, 0) is 21.7 Å². The number of aliphatic hydroxyl groups excluding tert-OH is 4. The molecule has 2 fully saturated rings. The third-order valence-electron chi connectivity index (χ3n) is 6.07. The third-order valence-corrected chi connectivity index (χ3v) is 6.68. The quantitative estimate of drug-likeness (QED) is 0.466. The standard InChI is InChI=1S/C22H20Cl2O7/c23-14-3-1-11-6-15(30-17(11)8-14)7-12-5-13(2-4-16(12)24)22-20(28)18(26)19(27)21(9-25,31-22)10-29-22/h1-6,8,18-20,25-28H,7,9-10H2/t18-,19-,20+,21-,22-/m0/s1. The topological polar surface area (TPSA) is 113 Å². The highest BCUT2D eigenvalue weighted by atomic mass is 35.5. The summed E-state index contributed by atoms with van der Waals surface area (Å²) in [4.78, 5) is 0. The first-order valence-electron chi connectivity index (χ1n) is 9.74. The van der Waals surface area contributed by atoms with E-state index in [1.807, 2.05) is 12.1 Å². The van der Waals surface area contributed by atoms with Crippen molar-refractivity contribution >= 4 is 34.2 Å². The molecule has 0 saturated carbocycles. The summed E-state index contributed by atoms with van der Waals surface area (Å²) in [7, 11) is 0. The van der Waals surface area contributed by atoms with Crippen molar-refractivity contribution in [3.63, 3.8) is 0 Å². The van der Waals surface area contributed by atoms with Crippen LogP contribution in [0.15, 0.2) is 46.9 Å². The van der Waals surface area contributed by atoms with Gasteiger partial charge in [-0.3, -0.25) is 0 Å². The highest BCUT2D eigenvalue weighted by molar-refractivity contribution is 6.31. The molecule has 9 heteroatoms. The summed E-state index contributed by atoms with van der Waals surface area (Å²) in [6, 6.07) is 12.2. The molecule has 31 heavy (non-hydrogen) atoms. The molecule has 1 aromatic heterocycles. The lowest BCUT2D eigenvalue weighted by Crippen LogP contribution is -2.65. The average molecular weight is 467 g/mol. The van der Waals surface area contributed by atoms with Crippen LogP contribution in [0.1, 0.15) is 16.9 Å². The van der Waals surface area contributed by atoms with Gasteiger partial charge in [-0.15, -0.1) is 0 Å². The lowest BCUT2D eigenvalue weighted by Gasteiger charge is -2.46. The second-order valence-corrected chi connectivity index (χ2v) is 8.88. The van der Waals surface area contributed by atoms with Crippen LogP contribution in [0, 0.1) is 0 Å². The largest absolute Gasteiger partial charge is 0.461 e. The molecule has 0 aliphatic carbocycles. The van der Waals surface area contributed by atoms with Gasteiger partial charge in [0.1, 0.15) is 35.3 Å². The molecule has 0 amide bonds. The fraction of sp³-hybridized carbons (Fsp3) is 0.364. The van der Waals surface area contributed by atoms with Gasteiger partial charge in [0.05, 0.1) is 13.2 Å². The fourth-order valence-corrected chi connectivity index (χ4v) is 4.68. The molecule has 3 aromatic rings. The molecule has 3 heterocycles. The fourth-order valence-electron chi connectivity index (χ4n) is 4.34. The molecule has 0 unspecified atom stereocenters. The molecule has 2 bridgehead atoms.